The molecule has 18 heavy (non-hydrogen) atoms. The van der Waals surface area contributed by atoms with E-state index in [1.54, 1.807) is 0 Å². The lowest BCUT2D eigenvalue weighted by Gasteiger charge is -2.09. The van der Waals surface area contributed by atoms with E-state index in [0.717, 1.165) is 6.42 Å². The fraction of sp³-hybridized carbons (Fsp3) is 0.222. The van der Waals surface area contributed by atoms with E-state index in [4.69, 9.17) is 0 Å². The number of hydrogen-bond acceptors (Lipinski definition) is 0. The second-order valence-corrected chi connectivity index (χ2v) is 4.27. The molecule has 0 atom stereocenters. The molecule has 0 saturated heterocycles. The summed E-state index contributed by atoms with van der Waals surface area (Å²) in [6.45, 7) is 6.20. The van der Waals surface area contributed by atoms with Gasteiger partial charge in [-0.05, 0) is 40.8 Å². The average molecular weight is 236 g/mol. The normalized spacial score (nSPS) is 13.2. The smallest absolute Gasteiger partial charge is 0.0105 e. The molecule has 2 aromatic rings. The highest BCUT2D eigenvalue weighted by atomic mass is 14.1. The molecule has 0 amide bonds. The van der Waals surface area contributed by atoms with Gasteiger partial charge in [-0.2, -0.15) is 0 Å². The maximum atomic E-state index is 2.29. The lowest BCUT2D eigenvalue weighted by molar-refractivity contribution is 1.41. The van der Waals surface area contributed by atoms with Gasteiger partial charge in [0.05, 0.1) is 0 Å². The van der Waals surface area contributed by atoms with Crippen LogP contribution < -0.4 is 0 Å². The zero-order valence-corrected chi connectivity index (χ0v) is 11.4. The fourth-order valence-electron chi connectivity index (χ4n) is 2.36. The van der Waals surface area contributed by atoms with Crippen LogP contribution in [0.3, 0.4) is 0 Å². The SMILES string of the molecule is CC.CC1=CCC=Cc2c1ccc1ccccc21. The van der Waals surface area contributed by atoms with Crippen molar-refractivity contribution in [1.29, 1.82) is 0 Å². The van der Waals surface area contributed by atoms with Crippen molar-refractivity contribution in [3.63, 3.8) is 0 Å². The second-order valence-electron chi connectivity index (χ2n) is 4.27. The van der Waals surface area contributed by atoms with Crippen LogP contribution in [0.15, 0.2) is 48.6 Å². The minimum atomic E-state index is 1.04. The summed E-state index contributed by atoms with van der Waals surface area (Å²) >= 11 is 0. The summed E-state index contributed by atoms with van der Waals surface area (Å²) in [5.74, 6) is 0. The number of benzene rings is 2. The van der Waals surface area contributed by atoms with E-state index in [9.17, 15) is 0 Å². The minimum Gasteiger partial charge on any atom is -0.0801 e. The van der Waals surface area contributed by atoms with Crippen molar-refractivity contribution in [2.75, 3.05) is 0 Å². The van der Waals surface area contributed by atoms with E-state index in [0.29, 0.717) is 0 Å². The Balaban J connectivity index is 0.000000574. The van der Waals surface area contributed by atoms with E-state index in [-0.39, 0.29) is 0 Å². The number of fused-ring (bicyclic) bond motifs is 3. The van der Waals surface area contributed by atoms with Crippen LogP contribution in [0.4, 0.5) is 0 Å². The summed E-state index contributed by atoms with van der Waals surface area (Å²) in [4.78, 5) is 0. The predicted molar refractivity (Wildman–Crippen MR) is 82.6 cm³/mol. The summed E-state index contributed by atoms with van der Waals surface area (Å²) in [7, 11) is 0. The maximum Gasteiger partial charge on any atom is -0.0105 e. The van der Waals surface area contributed by atoms with Crippen molar-refractivity contribution in [2.45, 2.75) is 27.2 Å². The van der Waals surface area contributed by atoms with E-state index in [1.165, 1.54) is 27.5 Å². The van der Waals surface area contributed by atoms with Crippen LogP contribution in [0.25, 0.3) is 22.4 Å². The average Bonchev–Trinajstić information content (AvgIpc) is 2.63. The highest BCUT2D eigenvalue weighted by molar-refractivity contribution is 5.96. The Kier molecular flexibility index (Phi) is 3.99. The highest BCUT2D eigenvalue weighted by Crippen LogP contribution is 2.30. The summed E-state index contributed by atoms with van der Waals surface area (Å²) in [5.41, 5.74) is 4.11. The third-order valence-electron chi connectivity index (χ3n) is 3.24. The van der Waals surface area contributed by atoms with Gasteiger partial charge in [0.15, 0.2) is 0 Å². The van der Waals surface area contributed by atoms with Crippen molar-refractivity contribution in [2.24, 2.45) is 0 Å². The van der Waals surface area contributed by atoms with E-state index in [1.807, 2.05) is 13.8 Å². The summed E-state index contributed by atoms with van der Waals surface area (Å²) in [5, 5.41) is 2.67. The van der Waals surface area contributed by atoms with Gasteiger partial charge in [0.1, 0.15) is 0 Å². The van der Waals surface area contributed by atoms with Crippen molar-refractivity contribution in [3.8, 4) is 0 Å². The Hall–Kier alpha value is -1.82. The molecule has 0 heteroatoms. The molecule has 0 heterocycles. The molecule has 1 aliphatic rings. The first-order valence-corrected chi connectivity index (χ1v) is 6.72. The van der Waals surface area contributed by atoms with Gasteiger partial charge >= 0.3 is 0 Å². The minimum absolute atomic E-state index is 1.04. The number of hydrogen-bond donors (Lipinski definition) is 0. The first-order chi connectivity index (χ1) is 8.86. The molecule has 1 aliphatic carbocycles. The molecule has 3 rings (SSSR count). The van der Waals surface area contributed by atoms with Crippen molar-refractivity contribution >= 4 is 22.4 Å². The third-order valence-corrected chi connectivity index (χ3v) is 3.24. The Morgan fingerprint density at radius 3 is 2.56 bits per heavy atom. The van der Waals surface area contributed by atoms with Gasteiger partial charge in [0, 0.05) is 0 Å². The molecule has 0 spiro atoms. The van der Waals surface area contributed by atoms with Crippen molar-refractivity contribution < 1.29 is 0 Å². The van der Waals surface area contributed by atoms with Crippen LogP contribution in [0, 0.1) is 0 Å². The van der Waals surface area contributed by atoms with E-state index >= 15 is 0 Å². The zero-order valence-electron chi connectivity index (χ0n) is 11.4. The highest BCUT2D eigenvalue weighted by Gasteiger charge is 2.07. The summed E-state index contributed by atoms with van der Waals surface area (Å²) < 4.78 is 0. The van der Waals surface area contributed by atoms with Gasteiger partial charge < -0.3 is 0 Å². The van der Waals surface area contributed by atoms with Gasteiger partial charge in [-0.3, -0.25) is 0 Å². The lowest BCUT2D eigenvalue weighted by atomic mass is 9.95. The Labute approximate surface area is 110 Å². The van der Waals surface area contributed by atoms with Gasteiger partial charge in [0.25, 0.3) is 0 Å². The molecule has 0 aromatic heterocycles. The molecular weight excluding hydrogens is 216 g/mol. The molecule has 92 valence electrons. The third kappa shape index (κ3) is 2.24. The van der Waals surface area contributed by atoms with Crippen LogP contribution in [-0.2, 0) is 0 Å². The Bertz CT molecular complexity index is 600. The topological polar surface area (TPSA) is 0 Å². The van der Waals surface area contributed by atoms with Gasteiger partial charge in [-0.25, -0.2) is 0 Å². The molecule has 0 unspecified atom stereocenters. The molecule has 0 radical (unpaired) electrons. The van der Waals surface area contributed by atoms with Gasteiger partial charge in [-0.1, -0.05) is 68.5 Å². The lowest BCUT2D eigenvalue weighted by Crippen LogP contribution is -1.86. The number of rotatable bonds is 0. The molecule has 0 bridgehead atoms. The maximum absolute atomic E-state index is 2.29. The Morgan fingerprint density at radius 1 is 0.944 bits per heavy atom. The molecule has 0 aliphatic heterocycles. The monoisotopic (exact) mass is 236 g/mol. The van der Waals surface area contributed by atoms with Crippen LogP contribution in [0.2, 0.25) is 0 Å². The fourth-order valence-corrected chi connectivity index (χ4v) is 2.36. The van der Waals surface area contributed by atoms with E-state index < -0.39 is 0 Å². The zero-order chi connectivity index (χ0) is 13.0. The van der Waals surface area contributed by atoms with Crippen LogP contribution >= 0.6 is 0 Å². The summed E-state index contributed by atoms with van der Waals surface area (Å²) in [6.07, 6.45) is 7.82. The van der Waals surface area contributed by atoms with Gasteiger partial charge in [-0.15, -0.1) is 0 Å². The summed E-state index contributed by atoms with van der Waals surface area (Å²) in [6, 6.07) is 13.0. The Morgan fingerprint density at radius 2 is 1.72 bits per heavy atom. The van der Waals surface area contributed by atoms with Crippen LogP contribution in [0.5, 0.6) is 0 Å². The van der Waals surface area contributed by atoms with E-state index in [2.05, 4.69) is 61.5 Å². The molecule has 0 saturated carbocycles. The first-order valence-electron chi connectivity index (χ1n) is 6.72. The first kappa shape index (κ1) is 12.6. The molecule has 0 nitrogen and oxygen atoms in total. The van der Waals surface area contributed by atoms with Crippen LogP contribution in [-0.4, -0.2) is 0 Å². The standard InChI is InChI=1S/C16H14.C2H6/c1-12-6-2-4-9-16-14(12)11-10-13-7-3-5-8-15(13)16;1-2/h3-11H,2H2,1H3;1-2H3. The molecular formula is C18H20. The van der Waals surface area contributed by atoms with Gasteiger partial charge in [0.2, 0.25) is 0 Å². The largest absolute Gasteiger partial charge is 0.0801 e. The van der Waals surface area contributed by atoms with Crippen molar-refractivity contribution in [1.82, 2.24) is 0 Å². The quantitative estimate of drug-likeness (QED) is 0.551. The number of allylic oxidation sites excluding steroid dienone is 3. The predicted octanol–water partition coefficient (Wildman–Crippen LogP) is 5.69. The van der Waals surface area contributed by atoms with Crippen molar-refractivity contribution in [3.05, 3.63) is 59.7 Å². The molecule has 0 N–H and O–H groups in total. The van der Waals surface area contributed by atoms with Crippen LogP contribution in [0.1, 0.15) is 38.3 Å². The molecule has 0 fully saturated rings. The molecule has 2 aromatic carbocycles. The second kappa shape index (κ2) is 5.68.